The van der Waals surface area contributed by atoms with Gasteiger partial charge in [0, 0.05) is 18.8 Å². The number of carbonyl (C=O) groups is 2. The van der Waals surface area contributed by atoms with Gasteiger partial charge in [0.15, 0.2) is 0 Å². The molecule has 0 saturated carbocycles. The number of benzene rings is 1. The molecule has 2 N–H and O–H groups in total. The number of pyridine rings is 1. The molecule has 1 fully saturated rings. The SMILES string of the molecule is CC1(C)C(=O)NCCN1C(=O)c1ccc(Nc2ccc(Cl)c(F)c2)c(C(F)F)n1. The Bertz CT molecular complexity index is 968. The second-order valence-electron chi connectivity index (χ2n) is 6.96. The minimum atomic E-state index is -2.99. The van der Waals surface area contributed by atoms with E-state index < -0.39 is 29.4 Å². The number of carbonyl (C=O) groups excluding carboxylic acids is 2. The summed E-state index contributed by atoms with van der Waals surface area (Å²) >= 11 is 5.62. The van der Waals surface area contributed by atoms with Crippen LogP contribution in [0.3, 0.4) is 0 Å². The molecule has 1 aromatic heterocycles. The lowest BCUT2D eigenvalue weighted by molar-refractivity contribution is -0.133. The number of alkyl halides is 2. The molecule has 154 valence electrons. The molecule has 1 aliphatic heterocycles. The molecule has 0 radical (unpaired) electrons. The maximum atomic E-state index is 13.6. The van der Waals surface area contributed by atoms with Gasteiger partial charge in [-0.25, -0.2) is 18.2 Å². The van der Waals surface area contributed by atoms with Gasteiger partial charge < -0.3 is 15.5 Å². The van der Waals surface area contributed by atoms with Crippen LogP contribution in [0.25, 0.3) is 0 Å². The van der Waals surface area contributed by atoms with Crippen LogP contribution >= 0.6 is 11.6 Å². The van der Waals surface area contributed by atoms with E-state index in [1.165, 1.54) is 29.2 Å². The van der Waals surface area contributed by atoms with Crippen molar-refractivity contribution in [1.29, 1.82) is 0 Å². The Morgan fingerprint density at radius 2 is 2.03 bits per heavy atom. The Balaban J connectivity index is 1.92. The Morgan fingerprint density at radius 1 is 1.31 bits per heavy atom. The van der Waals surface area contributed by atoms with E-state index in [0.29, 0.717) is 0 Å². The Labute approximate surface area is 170 Å². The van der Waals surface area contributed by atoms with Gasteiger partial charge in [-0.1, -0.05) is 11.6 Å². The Morgan fingerprint density at radius 3 is 2.69 bits per heavy atom. The van der Waals surface area contributed by atoms with Crippen molar-refractivity contribution in [3.63, 3.8) is 0 Å². The first-order chi connectivity index (χ1) is 13.6. The van der Waals surface area contributed by atoms with E-state index in [1.54, 1.807) is 13.8 Å². The number of anilines is 2. The van der Waals surface area contributed by atoms with Crippen LogP contribution in [-0.4, -0.2) is 40.3 Å². The molecule has 1 saturated heterocycles. The molecular formula is C19H18ClF3N4O2. The summed E-state index contributed by atoms with van der Waals surface area (Å²) in [6.07, 6.45) is -2.99. The molecular weight excluding hydrogens is 409 g/mol. The fourth-order valence-corrected chi connectivity index (χ4v) is 3.11. The van der Waals surface area contributed by atoms with E-state index >= 15 is 0 Å². The standard InChI is InChI=1S/C19H18ClF3N4O2/c1-19(2)18(29)24-7-8-27(19)17(28)14-6-5-13(15(26-14)16(22)23)25-10-3-4-11(20)12(21)9-10/h3-6,9,16,25H,7-8H2,1-2H3,(H,24,29). The Hall–Kier alpha value is -2.81. The second-order valence-corrected chi connectivity index (χ2v) is 7.36. The molecule has 0 spiro atoms. The van der Waals surface area contributed by atoms with Crippen molar-refractivity contribution in [3.05, 3.63) is 52.6 Å². The van der Waals surface area contributed by atoms with Gasteiger partial charge in [0.2, 0.25) is 5.91 Å². The maximum absolute atomic E-state index is 13.6. The molecule has 10 heteroatoms. The molecule has 1 aromatic carbocycles. The van der Waals surface area contributed by atoms with Crippen LogP contribution in [0.4, 0.5) is 24.5 Å². The van der Waals surface area contributed by atoms with Crippen molar-refractivity contribution in [2.24, 2.45) is 0 Å². The van der Waals surface area contributed by atoms with E-state index in [1.807, 2.05) is 0 Å². The minimum absolute atomic E-state index is 0.0751. The third kappa shape index (κ3) is 4.14. The molecule has 2 amide bonds. The van der Waals surface area contributed by atoms with Gasteiger partial charge >= 0.3 is 0 Å². The third-order valence-corrected chi connectivity index (χ3v) is 4.95. The number of halogens is 4. The molecule has 3 rings (SSSR count). The molecule has 0 atom stereocenters. The van der Waals surface area contributed by atoms with Gasteiger partial charge in [-0.05, 0) is 44.2 Å². The molecule has 0 aliphatic carbocycles. The topological polar surface area (TPSA) is 74.3 Å². The lowest BCUT2D eigenvalue weighted by Gasteiger charge is -2.41. The van der Waals surface area contributed by atoms with Crippen molar-refractivity contribution in [1.82, 2.24) is 15.2 Å². The first kappa shape index (κ1) is 20.9. The van der Waals surface area contributed by atoms with Gasteiger partial charge in [0.25, 0.3) is 12.3 Å². The van der Waals surface area contributed by atoms with Crippen LogP contribution in [0, 0.1) is 5.82 Å². The minimum Gasteiger partial charge on any atom is -0.354 e. The molecule has 0 unspecified atom stereocenters. The predicted molar refractivity (Wildman–Crippen MR) is 102 cm³/mol. The summed E-state index contributed by atoms with van der Waals surface area (Å²) in [4.78, 5) is 30.0. The molecule has 0 bridgehead atoms. The number of nitrogens with one attached hydrogen (secondary N) is 2. The highest BCUT2D eigenvalue weighted by atomic mass is 35.5. The summed E-state index contributed by atoms with van der Waals surface area (Å²) in [5, 5.41) is 5.22. The van der Waals surface area contributed by atoms with E-state index in [9.17, 15) is 22.8 Å². The quantitative estimate of drug-likeness (QED) is 0.777. The number of nitrogens with zero attached hydrogens (tertiary/aromatic N) is 2. The lowest BCUT2D eigenvalue weighted by Crippen LogP contribution is -2.63. The molecule has 2 aromatic rings. The predicted octanol–water partition coefficient (Wildman–Crippen LogP) is 3.91. The molecule has 1 aliphatic rings. The first-order valence-corrected chi connectivity index (χ1v) is 9.10. The number of amides is 2. The van der Waals surface area contributed by atoms with Crippen molar-refractivity contribution in [3.8, 4) is 0 Å². The zero-order valence-electron chi connectivity index (χ0n) is 15.6. The number of hydrogen-bond acceptors (Lipinski definition) is 4. The smallest absolute Gasteiger partial charge is 0.282 e. The van der Waals surface area contributed by atoms with Crippen LogP contribution in [0.1, 0.15) is 36.5 Å². The average Bonchev–Trinajstić information content (AvgIpc) is 2.66. The van der Waals surface area contributed by atoms with Gasteiger partial charge in [-0.15, -0.1) is 0 Å². The lowest BCUT2D eigenvalue weighted by atomic mass is 9.98. The van der Waals surface area contributed by atoms with Gasteiger partial charge in [-0.2, -0.15) is 0 Å². The fraction of sp³-hybridized carbons (Fsp3) is 0.316. The van der Waals surface area contributed by atoms with E-state index in [2.05, 4.69) is 15.6 Å². The summed E-state index contributed by atoms with van der Waals surface area (Å²) in [5.41, 5.74) is -1.89. The Kier molecular flexibility index (Phi) is 5.70. The van der Waals surface area contributed by atoms with E-state index in [4.69, 9.17) is 11.6 Å². The van der Waals surface area contributed by atoms with Gasteiger partial charge in [-0.3, -0.25) is 9.59 Å². The summed E-state index contributed by atoms with van der Waals surface area (Å²) in [6.45, 7) is 3.63. The zero-order chi connectivity index (χ0) is 21.3. The highest BCUT2D eigenvalue weighted by molar-refractivity contribution is 6.30. The van der Waals surface area contributed by atoms with Gasteiger partial charge in [0.1, 0.15) is 22.7 Å². The highest BCUT2D eigenvalue weighted by Crippen LogP contribution is 2.30. The molecule has 2 heterocycles. The highest BCUT2D eigenvalue weighted by Gasteiger charge is 2.41. The van der Waals surface area contributed by atoms with Crippen LogP contribution in [0.2, 0.25) is 5.02 Å². The second kappa shape index (κ2) is 7.90. The number of hydrogen-bond donors (Lipinski definition) is 2. The van der Waals surface area contributed by atoms with Crippen molar-refractivity contribution < 1.29 is 22.8 Å². The monoisotopic (exact) mass is 426 g/mol. The molecule has 6 nitrogen and oxygen atoms in total. The van der Waals surface area contributed by atoms with Crippen molar-refractivity contribution >= 4 is 34.8 Å². The summed E-state index contributed by atoms with van der Waals surface area (Å²) in [5.74, 6) is -1.68. The average molecular weight is 427 g/mol. The fourth-order valence-electron chi connectivity index (χ4n) is 2.99. The first-order valence-electron chi connectivity index (χ1n) is 8.72. The number of aromatic nitrogens is 1. The summed E-state index contributed by atoms with van der Waals surface area (Å²) in [6, 6.07) is 6.33. The van der Waals surface area contributed by atoms with Crippen LogP contribution < -0.4 is 10.6 Å². The molecule has 29 heavy (non-hydrogen) atoms. The van der Waals surface area contributed by atoms with Gasteiger partial charge in [0.05, 0.1) is 10.7 Å². The van der Waals surface area contributed by atoms with Crippen molar-refractivity contribution in [2.45, 2.75) is 25.8 Å². The maximum Gasteiger partial charge on any atom is 0.282 e. The van der Waals surface area contributed by atoms with Crippen LogP contribution in [-0.2, 0) is 4.79 Å². The summed E-state index contributed by atoms with van der Waals surface area (Å²) < 4.78 is 40.8. The van der Waals surface area contributed by atoms with Crippen LogP contribution in [0.5, 0.6) is 0 Å². The number of piperazine rings is 1. The largest absolute Gasteiger partial charge is 0.354 e. The number of rotatable bonds is 4. The third-order valence-electron chi connectivity index (χ3n) is 4.65. The summed E-state index contributed by atoms with van der Waals surface area (Å²) in [7, 11) is 0. The van der Waals surface area contributed by atoms with E-state index in [0.717, 1.165) is 6.07 Å². The zero-order valence-corrected chi connectivity index (χ0v) is 16.4. The van der Waals surface area contributed by atoms with Crippen molar-refractivity contribution in [2.75, 3.05) is 18.4 Å². The normalized spacial score (nSPS) is 16.0. The van der Waals surface area contributed by atoms with E-state index in [-0.39, 0.29) is 41.1 Å². The van der Waals surface area contributed by atoms with Crippen LogP contribution in [0.15, 0.2) is 30.3 Å².